The molecule has 0 unspecified atom stereocenters. The van der Waals surface area contributed by atoms with E-state index >= 15 is 0 Å². The van der Waals surface area contributed by atoms with E-state index in [9.17, 15) is 18.4 Å². The van der Waals surface area contributed by atoms with Crippen molar-refractivity contribution in [3.05, 3.63) is 82.4 Å². The summed E-state index contributed by atoms with van der Waals surface area (Å²) in [7, 11) is 0. The highest BCUT2D eigenvalue weighted by Gasteiger charge is 2.14. The third-order valence-corrected chi connectivity index (χ3v) is 4.18. The lowest BCUT2D eigenvalue weighted by atomic mass is 10.2. The van der Waals surface area contributed by atoms with E-state index in [0.29, 0.717) is 5.69 Å². The Morgan fingerprint density at radius 3 is 2.34 bits per heavy atom. The van der Waals surface area contributed by atoms with Gasteiger partial charge in [-0.05, 0) is 42.0 Å². The third-order valence-electron chi connectivity index (χ3n) is 4.18. The van der Waals surface area contributed by atoms with Crippen molar-refractivity contribution in [1.82, 2.24) is 24.5 Å². The fourth-order valence-corrected chi connectivity index (χ4v) is 2.76. The monoisotopic (exact) mass is 396 g/mol. The molecule has 2 aromatic carbocycles. The van der Waals surface area contributed by atoms with Crippen molar-refractivity contribution < 1.29 is 13.6 Å². The van der Waals surface area contributed by atoms with Crippen molar-refractivity contribution in [2.24, 2.45) is 0 Å². The second-order valence-corrected chi connectivity index (χ2v) is 6.28. The number of carbonyl (C=O) groups is 1. The highest BCUT2D eigenvalue weighted by Crippen LogP contribution is 2.10. The molecule has 0 radical (unpaired) electrons. The Morgan fingerprint density at radius 1 is 1.00 bits per heavy atom. The number of rotatable bonds is 5. The first-order valence-corrected chi connectivity index (χ1v) is 8.58. The van der Waals surface area contributed by atoms with Crippen LogP contribution >= 0.6 is 0 Å². The van der Waals surface area contributed by atoms with Gasteiger partial charge in [-0.2, -0.15) is 0 Å². The van der Waals surface area contributed by atoms with Gasteiger partial charge in [-0.1, -0.05) is 17.3 Å². The van der Waals surface area contributed by atoms with Gasteiger partial charge in [0.2, 0.25) is 5.91 Å². The maximum Gasteiger partial charge on any atom is 0.283 e. The number of carbonyl (C=O) groups excluding carboxylic acids is 1. The topological polar surface area (TPSA) is 94.7 Å². The average molecular weight is 396 g/mol. The van der Waals surface area contributed by atoms with Crippen molar-refractivity contribution in [1.29, 1.82) is 0 Å². The van der Waals surface area contributed by atoms with Crippen LogP contribution < -0.4 is 10.9 Å². The zero-order valence-corrected chi connectivity index (χ0v) is 14.9. The van der Waals surface area contributed by atoms with E-state index in [2.05, 4.69) is 20.6 Å². The molecule has 1 amide bonds. The molecule has 146 valence electrons. The number of nitrogens with one attached hydrogen (secondary N) is 1. The quantitative estimate of drug-likeness (QED) is 0.557. The van der Waals surface area contributed by atoms with E-state index in [4.69, 9.17) is 0 Å². The molecule has 2 heterocycles. The molecule has 2 aromatic heterocycles. The van der Waals surface area contributed by atoms with Gasteiger partial charge in [0.1, 0.15) is 24.5 Å². The number of anilines is 1. The lowest BCUT2D eigenvalue weighted by Crippen LogP contribution is -2.28. The summed E-state index contributed by atoms with van der Waals surface area (Å²) in [6.07, 6.45) is 1.24. The largest absolute Gasteiger partial charge is 0.325 e. The lowest BCUT2D eigenvalue weighted by Gasteiger charge is -2.07. The Bertz CT molecular complexity index is 1230. The molecule has 0 saturated heterocycles. The van der Waals surface area contributed by atoms with Crippen LogP contribution in [0.1, 0.15) is 5.56 Å². The molecule has 4 rings (SSSR count). The third kappa shape index (κ3) is 4.00. The van der Waals surface area contributed by atoms with E-state index in [0.717, 1.165) is 10.1 Å². The molecule has 0 aliphatic carbocycles. The van der Waals surface area contributed by atoms with Gasteiger partial charge in [0.25, 0.3) is 5.56 Å². The molecule has 29 heavy (non-hydrogen) atoms. The van der Waals surface area contributed by atoms with Crippen molar-refractivity contribution in [3.63, 3.8) is 0 Å². The van der Waals surface area contributed by atoms with Crippen LogP contribution in [0.25, 0.3) is 11.2 Å². The number of fused-ring (bicyclic) bond motifs is 1. The van der Waals surface area contributed by atoms with Crippen LogP contribution in [0.3, 0.4) is 0 Å². The van der Waals surface area contributed by atoms with Gasteiger partial charge in [0, 0.05) is 5.69 Å². The van der Waals surface area contributed by atoms with Crippen molar-refractivity contribution >= 4 is 22.8 Å². The Balaban J connectivity index is 1.53. The molecule has 0 spiro atoms. The van der Waals surface area contributed by atoms with Crippen molar-refractivity contribution in [2.45, 2.75) is 13.1 Å². The molecule has 0 saturated carbocycles. The van der Waals surface area contributed by atoms with Gasteiger partial charge in [-0.3, -0.25) is 14.2 Å². The summed E-state index contributed by atoms with van der Waals surface area (Å²) >= 11 is 0. The zero-order chi connectivity index (χ0) is 20.4. The summed E-state index contributed by atoms with van der Waals surface area (Å²) in [5, 5.41) is 10.4. The van der Waals surface area contributed by atoms with Crippen LogP contribution in [0.4, 0.5) is 14.5 Å². The van der Waals surface area contributed by atoms with E-state index in [1.54, 1.807) is 12.1 Å². The van der Waals surface area contributed by atoms with Gasteiger partial charge in [0.15, 0.2) is 11.2 Å². The molecule has 0 aliphatic rings. The predicted octanol–water partition coefficient (Wildman–Crippen LogP) is 1.95. The van der Waals surface area contributed by atoms with Gasteiger partial charge in [-0.25, -0.2) is 18.4 Å². The van der Waals surface area contributed by atoms with Crippen LogP contribution in [0.15, 0.2) is 59.7 Å². The molecule has 1 N–H and O–H groups in total. The molecular formula is C19H14F2N6O2. The number of hydrogen-bond acceptors (Lipinski definition) is 5. The summed E-state index contributed by atoms with van der Waals surface area (Å²) < 4.78 is 28.5. The number of nitrogens with zero attached hydrogens (tertiary/aromatic N) is 5. The summed E-state index contributed by atoms with van der Waals surface area (Å²) in [4.78, 5) is 28.9. The molecule has 0 atom stereocenters. The molecule has 0 bridgehead atoms. The minimum Gasteiger partial charge on any atom is -0.325 e. The fraction of sp³-hybridized carbons (Fsp3) is 0.105. The van der Waals surface area contributed by atoms with Gasteiger partial charge in [0.05, 0.1) is 6.54 Å². The van der Waals surface area contributed by atoms with Gasteiger partial charge >= 0.3 is 0 Å². The second kappa shape index (κ2) is 7.58. The molecule has 10 heteroatoms. The van der Waals surface area contributed by atoms with E-state index in [-0.39, 0.29) is 30.1 Å². The summed E-state index contributed by atoms with van der Waals surface area (Å²) in [6, 6.07) is 11.1. The molecule has 0 aliphatic heterocycles. The number of hydrogen-bond donors (Lipinski definition) is 1. The Morgan fingerprint density at radius 2 is 1.66 bits per heavy atom. The number of halogens is 2. The Labute approximate surface area is 162 Å². The Hall–Kier alpha value is -3.95. The smallest absolute Gasteiger partial charge is 0.283 e. The van der Waals surface area contributed by atoms with Gasteiger partial charge in [-0.15, -0.1) is 5.10 Å². The molecule has 8 nitrogen and oxygen atoms in total. The first kappa shape index (κ1) is 18.4. The summed E-state index contributed by atoms with van der Waals surface area (Å²) in [6.45, 7) is -0.0255. The van der Waals surface area contributed by atoms with Crippen LogP contribution in [0.5, 0.6) is 0 Å². The predicted molar refractivity (Wildman–Crippen MR) is 100 cm³/mol. The van der Waals surface area contributed by atoms with Crippen LogP contribution in [0, 0.1) is 11.6 Å². The Kier molecular flexibility index (Phi) is 4.82. The first-order chi connectivity index (χ1) is 14.0. The summed E-state index contributed by atoms with van der Waals surface area (Å²) in [5.74, 6) is -1.24. The maximum atomic E-state index is 13.0. The SMILES string of the molecule is O=C(Cn1cnc2c(nnn2Cc2ccc(F)cc2)c1=O)Nc1ccc(F)cc1. The maximum absolute atomic E-state index is 13.0. The van der Waals surface area contributed by atoms with Gasteiger partial charge < -0.3 is 5.32 Å². The molecular weight excluding hydrogens is 382 g/mol. The highest BCUT2D eigenvalue weighted by molar-refractivity contribution is 5.90. The van der Waals surface area contributed by atoms with E-state index in [1.807, 2.05) is 0 Å². The van der Waals surface area contributed by atoms with E-state index < -0.39 is 17.3 Å². The highest BCUT2D eigenvalue weighted by atomic mass is 19.1. The normalized spacial score (nSPS) is 11.0. The van der Waals surface area contributed by atoms with Crippen molar-refractivity contribution in [2.75, 3.05) is 5.32 Å². The second-order valence-electron chi connectivity index (χ2n) is 6.28. The number of aromatic nitrogens is 5. The molecule has 0 fully saturated rings. The standard InChI is InChI=1S/C19H14F2N6O2/c20-13-3-1-12(2-4-13)9-27-18-17(24-25-27)19(29)26(11-22-18)10-16(28)23-15-7-5-14(21)6-8-15/h1-8,11H,9-10H2,(H,23,28). The average Bonchev–Trinajstić information content (AvgIpc) is 3.11. The first-order valence-electron chi connectivity index (χ1n) is 8.58. The minimum atomic E-state index is -0.519. The fourth-order valence-electron chi connectivity index (χ4n) is 2.76. The van der Waals surface area contributed by atoms with Crippen LogP contribution in [0.2, 0.25) is 0 Å². The number of amides is 1. The lowest BCUT2D eigenvalue weighted by molar-refractivity contribution is -0.116. The number of benzene rings is 2. The minimum absolute atomic E-state index is 0.0178. The molecule has 4 aromatic rings. The summed E-state index contributed by atoms with van der Waals surface area (Å²) in [5.41, 5.74) is 0.930. The zero-order valence-electron chi connectivity index (χ0n) is 14.9. The van der Waals surface area contributed by atoms with Crippen LogP contribution in [-0.4, -0.2) is 30.5 Å². The van der Waals surface area contributed by atoms with E-state index in [1.165, 1.54) is 47.4 Å². The van der Waals surface area contributed by atoms with Crippen LogP contribution in [-0.2, 0) is 17.9 Å². The van der Waals surface area contributed by atoms with Crippen molar-refractivity contribution in [3.8, 4) is 0 Å².